The lowest BCUT2D eigenvalue weighted by atomic mass is 10.2. The highest BCUT2D eigenvalue weighted by atomic mass is 19.1. The molecule has 2 N–H and O–H groups in total. The van der Waals surface area contributed by atoms with Crippen LogP contribution in [-0.4, -0.2) is 63.2 Å². The molecule has 3 rings (SSSR count). The van der Waals surface area contributed by atoms with E-state index >= 15 is 0 Å². The number of hydrogen-bond acceptors (Lipinski definition) is 3. The van der Waals surface area contributed by atoms with Crippen LogP contribution in [-0.2, 0) is 0 Å². The molecule has 1 aromatic carbocycles. The summed E-state index contributed by atoms with van der Waals surface area (Å²) in [6.45, 7) is 6.02. The fourth-order valence-corrected chi connectivity index (χ4v) is 3.90. The number of nitrogens with zero attached hydrogens (tertiary/aromatic N) is 3. The zero-order valence-corrected chi connectivity index (χ0v) is 16.2. The van der Waals surface area contributed by atoms with Gasteiger partial charge in [-0.1, -0.05) is 0 Å². The average molecular weight is 379 g/mol. The molecule has 2 heterocycles. The average Bonchev–Trinajstić information content (AvgIpc) is 3.32. The maximum absolute atomic E-state index is 14.0. The predicted octanol–water partition coefficient (Wildman–Crippen LogP) is 2.58. The molecular formula is C20H31F2N5. The molecule has 1 atom stereocenters. The Hall–Kier alpha value is -1.89. The molecule has 0 amide bonds. The van der Waals surface area contributed by atoms with Crippen LogP contribution < -0.4 is 15.5 Å². The van der Waals surface area contributed by atoms with Gasteiger partial charge in [0.25, 0.3) is 0 Å². The third-order valence-electron chi connectivity index (χ3n) is 5.40. The Bertz CT molecular complexity index is 631. The summed E-state index contributed by atoms with van der Waals surface area (Å²) in [5.41, 5.74) is 0.463. The maximum atomic E-state index is 14.0. The van der Waals surface area contributed by atoms with Crippen molar-refractivity contribution in [2.24, 2.45) is 4.99 Å². The molecule has 0 bridgehead atoms. The lowest BCUT2D eigenvalue weighted by Gasteiger charge is -2.21. The number of anilines is 1. The van der Waals surface area contributed by atoms with Gasteiger partial charge in [-0.25, -0.2) is 8.78 Å². The van der Waals surface area contributed by atoms with E-state index in [1.54, 1.807) is 7.05 Å². The number of hydrogen-bond donors (Lipinski definition) is 2. The minimum atomic E-state index is -0.542. The number of nitrogens with one attached hydrogen (secondary N) is 2. The molecule has 7 heteroatoms. The van der Waals surface area contributed by atoms with E-state index in [1.807, 2.05) is 4.90 Å². The van der Waals surface area contributed by atoms with Crippen molar-refractivity contribution in [1.82, 2.24) is 15.5 Å². The van der Waals surface area contributed by atoms with Crippen LogP contribution in [0.1, 0.15) is 32.1 Å². The van der Waals surface area contributed by atoms with Crippen LogP contribution in [0.5, 0.6) is 0 Å². The first kappa shape index (κ1) is 19.9. The Balaban J connectivity index is 1.37. The Morgan fingerprint density at radius 1 is 1.19 bits per heavy atom. The molecule has 2 saturated heterocycles. The van der Waals surface area contributed by atoms with Crippen LogP contribution in [0.2, 0.25) is 0 Å². The van der Waals surface area contributed by atoms with Gasteiger partial charge < -0.3 is 20.4 Å². The SMILES string of the molecule is CN=C(NCCCCN1CCCC1)NC1CCN(c2ccc(F)cc2F)C1. The molecule has 0 spiro atoms. The molecule has 0 aromatic heterocycles. The molecule has 1 aromatic rings. The highest BCUT2D eigenvalue weighted by Crippen LogP contribution is 2.24. The number of rotatable bonds is 7. The number of aliphatic imine (C=N–C) groups is 1. The molecule has 0 aliphatic carbocycles. The Morgan fingerprint density at radius 2 is 2.00 bits per heavy atom. The Kier molecular flexibility index (Phi) is 7.26. The van der Waals surface area contributed by atoms with Gasteiger partial charge >= 0.3 is 0 Å². The summed E-state index contributed by atoms with van der Waals surface area (Å²) >= 11 is 0. The van der Waals surface area contributed by atoms with Gasteiger partial charge in [-0.15, -0.1) is 0 Å². The normalized spacial score (nSPS) is 21.1. The van der Waals surface area contributed by atoms with Gasteiger partial charge in [-0.3, -0.25) is 4.99 Å². The van der Waals surface area contributed by atoms with E-state index in [-0.39, 0.29) is 6.04 Å². The van der Waals surface area contributed by atoms with E-state index in [2.05, 4.69) is 20.5 Å². The summed E-state index contributed by atoms with van der Waals surface area (Å²) in [4.78, 5) is 8.79. The van der Waals surface area contributed by atoms with Gasteiger partial charge in [0.05, 0.1) is 5.69 Å². The molecule has 150 valence electrons. The summed E-state index contributed by atoms with van der Waals surface area (Å²) in [6.07, 6.45) is 5.90. The van der Waals surface area contributed by atoms with Crippen LogP contribution in [0, 0.1) is 11.6 Å². The minimum Gasteiger partial charge on any atom is -0.367 e. The monoisotopic (exact) mass is 379 g/mol. The number of halogens is 2. The van der Waals surface area contributed by atoms with E-state index in [1.165, 1.54) is 51.0 Å². The van der Waals surface area contributed by atoms with Crippen LogP contribution in [0.25, 0.3) is 0 Å². The Labute approximate surface area is 160 Å². The second-order valence-electron chi connectivity index (χ2n) is 7.43. The summed E-state index contributed by atoms with van der Waals surface area (Å²) < 4.78 is 27.1. The van der Waals surface area contributed by atoms with Crippen LogP contribution in [0.4, 0.5) is 14.5 Å². The molecule has 2 aliphatic heterocycles. The van der Waals surface area contributed by atoms with E-state index in [0.29, 0.717) is 12.2 Å². The molecule has 0 saturated carbocycles. The molecule has 2 aliphatic rings. The van der Waals surface area contributed by atoms with E-state index in [4.69, 9.17) is 0 Å². The zero-order chi connectivity index (χ0) is 19.1. The van der Waals surface area contributed by atoms with Crippen molar-refractivity contribution >= 4 is 11.6 Å². The van der Waals surface area contributed by atoms with Crippen molar-refractivity contribution in [3.05, 3.63) is 29.8 Å². The van der Waals surface area contributed by atoms with Gasteiger partial charge in [0.1, 0.15) is 11.6 Å². The van der Waals surface area contributed by atoms with Crippen molar-refractivity contribution in [2.45, 2.75) is 38.1 Å². The molecule has 2 fully saturated rings. The van der Waals surface area contributed by atoms with Crippen LogP contribution >= 0.6 is 0 Å². The van der Waals surface area contributed by atoms with E-state index in [0.717, 1.165) is 38.0 Å². The molecule has 0 radical (unpaired) electrons. The van der Waals surface area contributed by atoms with Crippen molar-refractivity contribution in [2.75, 3.05) is 51.2 Å². The number of guanidine groups is 1. The van der Waals surface area contributed by atoms with E-state index in [9.17, 15) is 8.78 Å². The second-order valence-corrected chi connectivity index (χ2v) is 7.43. The smallest absolute Gasteiger partial charge is 0.191 e. The predicted molar refractivity (Wildman–Crippen MR) is 106 cm³/mol. The standard InChI is InChI=1S/C20H31F2N5/c1-23-20(24-9-2-3-10-26-11-4-5-12-26)25-17-8-13-27(15-17)19-7-6-16(21)14-18(19)22/h6-7,14,17H,2-5,8-13,15H2,1H3,(H2,23,24,25). The van der Waals surface area contributed by atoms with Gasteiger partial charge in [-0.2, -0.15) is 0 Å². The van der Waals surface area contributed by atoms with Crippen molar-refractivity contribution in [3.8, 4) is 0 Å². The third kappa shape index (κ3) is 5.79. The summed E-state index contributed by atoms with van der Waals surface area (Å²) in [5.74, 6) is -0.252. The number of likely N-dealkylation sites (tertiary alicyclic amines) is 1. The number of benzene rings is 1. The highest BCUT2D eigenvalue weighted by Gasteiger charge is 2.25. The van der Waals surface area contributed by atoms with Crippen LogP contribution in [0.15, 0.2) is 23.2 Å². The van der Waals surface area contributed by atoms with Crippen LogP contribution in [0.3, 0.4) is 0 Å². The summed E-state index contributed by atoms with van der Waals surface area (Å²) in [7, 11) is 1.77. The van der Waals surface area contributed by atoms with Gasteiger partial charge in [-0.05, 0) is 63.9 Å². The lowest BCUT2D eigenvalue weighted by Crippen LogP contribution is -2.45. The van der Waals surface area contributed by atoms with Crippen molar-refractivity contribution in [1.29, 1.82) is 0 Å². The topological polar surface area (TPSA) is 42.9 Å². The first-order valence-corrected chi connectivity index (χ1v) is 10.1. The highest BCUT2D eigenvalue weighted by molar-refractivity contribution is 5.80. The van der Waals surface area contributed by atoms with Gasteiger partial charge in [0.15, 0.2) is 5.96 Å². The molecule has 5 nitrogen and oxygen atoms in total. The lowest BCUT2D eigenvalue weighted by molar-refractivity contribution is 0.330. The fraction of sp³-hybridized carbons (Fsp3) is 0.650. The first-order chi connectivity index (χ1) is 13.2. The fourth-order valence-electron chi connectivity index (χ4n) is 3.90. The maximum Gasteiger partial charge on any atom is 0.191 e. The molecular weight excluding hydrogens is 348 g/mol. The zero-order valence-electron chi connectivity index (χ0n) is 16.2. The first-order valence-electron chi connectivity index (χ1n) is 10.1. The summed E-state index contributed by atoms with van der Waals surface area (Å²) in [5, 5.41) is 6.79. The van der Waals surface area contributed by atoms with Crippen molar-refractivity contribution in [3.63, 3.8) is 0 Å². The Morgan fingerprint density at radius 3 is 2.74 bits per heavy atom. The van der Waals surface area contributed by atoms with Gasteiger partial charge in [0, 0.05) is 38.8 Å². The third-order valence-corrected chi connectivity index (χ3v) is 5.40. The second kappa shape index (κ2) is 9.88. The van der Waals surface area contributed by atoms with Crippen molar-refractivity contribution < 1.29 is 8.78 Å². The number of unbranched alkanes of at least 4 members (excludes halogenated alkanes) is 1. The quantitative estimate of drug-likeness (QED) is 0.434. The van der Waals surface area contributed by atoms with Gasteiger partial charge in [0.2, 0.25) is 0 Å². The largest absolute Gasteiger partial charge is 0.367 e. The summed E-state index contributed by atoms with van der Waals surface area (Å²) in [6, 6.07) is 3.96. The minimum absolute atomic E-state index is 0.199. The molecule has 1 unspecified atom stereocenters. The van der Waals surface area contributed by atoms with E-state index < -0.39 is 11.6 Å². The molecule has 27 heavy (non-hydrogen) atoms.